The van der Waals surface area contributed by atoms with Crippen LogP contribution >= 0.6 is 11.6 Å². The summed E-state index contributed by atoms with van der Waals surface area (Å²) in [6.45, 7) is 0. The normalized spacial score (nSPS) is 24.9. The molecule has 0 aromatic heterocycles. The highest BCUT2D eigenvalue weighted by Crippen LogP contribution is 2.69. The molecule has 0 radical (unpaired) electrons. The van der Waals surface area contributed by atoms with Gasteiger partial charge in [0.2, 0.25) is 5.78 Å². The minimum Gasteiger partial charge on any atom is -0.872 e. The summed E-state index contributed by atoms with van der Waals surface area (Å²) >= 11 is 5.20. The molecular weight excluding hydrogens is 526 g/mol. The van der Waals surface area contributed by atoms with Crippen molar-refractivity contribution in [2.24, 2.45) is 0 Å². The van der Waals surface area contributed by atoms with E-state index in [1.54, 1.807) is 0 Å². The summed E-state index contributed by atoms with van der Waals surface area (Å²) in [7, 11) is 0. The third-order valence-electron chi connectivity index (χ3n) is 4.60. The van der Waals surface area contributed by atoms with Crippen LogP contribution in [0.15, 0.2) is 24.3 Å². The highest BCUT2D eigenvalue weighted by atomic mass is 35.5. The van der Waals surface area contributed by atoms with Crippen LogP contribution in [0, 0.1) is 0 Å². The van der Waals surface area contributed by atoms with Crippen LogP contribution < -0.4 is 5.11 Å². The molecule has 1 fully saturated rings. The van der Waals surface area contributed by atoms with Gasteiger partial charge < -0.3 is 5.11 Å². The Bertz CT molecular complexity index is 981. The minimum absolute atomic E-state index is 0.0474. The lowest BCUT2D eigenvalue weighted by molar-refractivity contribution is -0.475. The molecule has 1 aromatic carbocycles. The Morgan fingerprint density at radius 3 is 1.55 bits per heavy atom. The van der Waals surface area contributed by atoms with Crippen molar-refractivity contribution >= 4 is 23.1 Å². The Morgan fingerprint density at radius 2 is 1.18 bits per heavy atom. The zero-order valence-electron chi connectivity index (χ0n) is 14.8. The highest BCUT2D eigenvalue weighted by Gasteiger charge is 3.02. The van der Waals surface area contributed by atoms with Crippen molar-refractivity contribution in [2.75, 3.05) is 0 Å². The Labute approximate surface area is 177 Å². The summed E-state index contributed by atoms with van der Waals surface area (Å²) < 4.78 is 187. The van der Waals surface area contributed by atoms with Crippen molar-refractivity contribution in [3.63, 3.8) is 0 Å². The molecule has 0 unspecified atom stereocenters. The first-order chi connectivity index (χ1) is 14.4. The molecular formula is C16H4ClF14O2-. The van der Waals surface area contributed by atoms with Gasteiger partial charge in [0, 0.05) is 0 Å². The van der Waals surface area contributed by atoms with Crippen molar-refractivity contribution < 1.29 is 71.4 Å². The monoisotopic (exact) mass is 529 g/mol. The number of carbonyl (C=O) groups excluding carboxylic acids is 1. The number of hydrogen-bond acceptors (Lipinski definition) is 2. The molecule has 33 heavy (non-hydrogen) atoms. The molecule has 17 heteroatoms. The molecule has 0 atom stereocenters. The maximum atomic E-state index is 14.5. The fourth-order valence-corrected chi connectivity index (χ4v) is 3.02. The number of carbonyl (C=O) groups is 1. The fourth-order valence-electron chi connectivity index (χ4n) is 2.73. The lowest BCUT2D eigenvalue weighted by atomic mass is 9.70. The van der Waals surface area contributed by atoms with Crippen LogP contribution in [0.25, 0.3) is 5.76 Å². The van der Waals surface area contributed by atoms with Gasteiger partial charge in [0.05, 0.1) is 10.6 Å². The van der Waals surface area contributed by atoms with Gasteiger partial charge in [0.1, 0.15) is 0 Å². The van der Waals surface area contributed by atoms with Crippen molar-refractivity contribution in [3.8, 4) is 0 Å². The number of allylic oxidation sites excluding steroid dienone is 1. The number of rotatable bonds is 3. The standard InChI is InChI=1S/C16H5ClF14O2/c17-7-3-5(1-2-6(7)11(19,20)21)8(32)4-9(33)10(18)12(22,23)14(26,27)16(30,31)15(28,29)13(10,24)25/h1-4,32H/p-1/b8-4-. The molecule has 0 saturated heterocycles. The fraction of sp³-hybridized carbons (Fsp3) is 0.438. The topological polar surface area (TPSA) is 40.1 Å². The number of benzene rings is 1. The Hall–Kier alpha value is -2.26. The van der Waals surface area contributed by atoms with Crippen molar-refractivity contribution in [1.82, 2.24) is 0 Å². The van der Waals surface area contributed by atoms with Gasteiger partial charge in [-0.05, 0) is 23.8 Å². The van der Waals surface area contributed by atoms with E-state index < -0.39 is 75.2 Å². The van der Waals surface area contributed by atoms with Gasteiger partial charge in [-0.3, -0.25) is 4.79 Å². The van der Waals surface area contributed by atoms with E-state index in [0.717, 1.165) is 0 Å². The quantitative estimate of drug-likeness (QED) is 0.294. The van der Waals surface area contributed by atoms with Crippen LogP contribution in [0.1, 0.15) is 11.1 Å². The van der Waals surface area contributed by atoms with Crippen LogP contribution in [0.4, 0.5) is 61.5 Å². The highest BCUT2D eigenvalue weighted by molar-refractivity contribution is 6.31. The van der Waals surface area contributed by atoms with Crippen molar-refractivity contribution in [1.29, 1.82) is 0 Å². The zero-order valence-corrected chi connectivity index (χ0v) is 15.6. The first kappa shape index (κ1) is 27.0. The molecule has 1 aliphatic carbocycles. The SMILES string of the molecule is O=C(/C=C(\[O-])c1ccc(C(F)(F)F)c(Cl)c1)C1(F)C(F)(F)C(F)(F)C(F)(F)C(F)(F)C1(F)F. The average Bonchev–Trinajstić information content (AvgIpc) is 2.64. The van der Waals surface area contributed by atoms with E-state index in [-0.39, 0.29) is 18.2 Å². The summed E-state index contributed by atoms with van der Waals surface area (Å²) in [5, 5.41) is 10.5. The smallest absolute Gasteiger partial charge is 0.417 e. The molecule has 186 valence electrons. The largest absolute Gasteiger partial charge is 0.872 e. The predicted molar refractivity (Wildman–Crippen MR) is 78.0 cm³/mol. The third-order valence-corrected chi connectivity index (χ3v) is 4.92. The molecule has 1 saturated carbocycles. The van der Waals surface area contributed by atoms with Gasteiger partial charge in [-0.2, -0.15) is 57.1 Å². The van der Waals surface area contributed by atoms with Crippen LogP contribution in [0.3, 0.4) is 0 Å². The number of alkyl halides is 14. The summed E-state index contributed by atoms with van der Waals surface area (Å²) in [4.78, 5) is 11.7. The number of halogens is 15. The molecule has 0 bridgehead atoms. The summed E-state index contributed by atoms with van der Waals surface area (Å²) in [5.41, 5.74) is -9.92. The van der Waals surface area contributed by atoms with E-state index in [9.17, 15) is 71.4 Å². The first-order valence-electron chi connectivity index (χ1n) is 7.81. The van der Waals surface area contributed by atoms with E-state index in [1.165, 1.54) is 0 Å². The Balaban J connectivity index is 2.68. The van der Waals surface area contributed by atoms with Crippen molar-refractivity contribution in [2.45, 2.75) is 41.5 Å². The Morgan fingerprint density at radius 1 is 0.788 bits per heavy atom. The second-order valence-electron chi connectivity index (χ2n) is 6.60. The van der Waals surface area contributed by atoms with E-state index in [2.05, 4.69) is 0 Å². The zero-order chi connectivity index (χ0) is 26.2. The number of hydrogen-bond donors (Lipinski definition) is 0. The molecule has 0 aliphatic heterocycles. The minimum atomic E-state index is -7.57. The molecule has 0 spiro atoms. The lowest BCUT2D eigenvalue weighted by Crippen LogP contribution is -2.85. The second kappa shape index (κ2) is 7.12. The van der Waals surface area contributed by atoms with Gasteiger partial charge in [-0.1, -0.05) is 23.4 Å². The lowest BCUT2D eigenvalue weighted by Gasteiger charge is -2.51. The third kappa shape index (κ3) is 3.19. The number of ketones is 1. The molecule has 2 rings (SSSR count). The molecule has 1 aliphatic rings. The van der Waals surface area contributed by atoms with Gasteiger partial charge in [-0.25, -0.2) is 4.39 Å². The van der Waals surface area contributed by atoms with E-state index in [1.807, 2.05) is 0 Å². The van der Waals surface area contributed by atoms with Gasteiger partial charge in [-0.15, -0.1) is 0 Å². The van der Waals surface area contributed by atoms with Crippen LogP contribution in [0.5, 0.6) is 0 Å². The molecule has 1 aromatic rings. The maximum absolute atomic E-state index is 14.5. The van der Waals surface area contributed by atoms with Gasteiger partial charge in [0.25, 0.3) is 0 Å². The first-order valence-corrected chi connectivity index (χ1v) is 8.19. The summed E-state index contributed by atoms with van der Waals surface area (Å²) in [6, 6.07) is 0.266. The van der Waals surface area contributed by atoms with Gasteiger partial charge >= 0.3 is 41.5 Å². The summed E-state index contributed by atoms with van der Waals surface area (Å²) in [5.74, 6) is -43.7. The van der Waals surface area contributed by atoms with E-state index >= 15 is 0 Å². The van der Waals surface area contributed by atoms with Crippen LogP contribution in [-0.2, 0) is 11.0 Å². The average molecular weight is 530 g/mol. The van der Waals surface area contributed by atoms with Crippen molar-refractivity contribution in [3.05, 3.63) is 40.4 Å². The van der Waals surface area contributed by atoms with Crippen LogP contribution in [0.2, 0.25) is 5.02 Å². The molecule has 0 amide bonds. The maximum Gasteiger partial charge on any atom is 0.417 e. The molecule has 0 N–H and O–H groups in total. The van der Waals surface area contributed by atoms with E-state index in [0.29, 0.717) is 0 Å². The second-order valence-corrected chi connectivity index (χ2v) is 7.00. The predicted octanol–water partition coefficient (Wildman–Crippen LogP) is 5.53. The summed E-state index contributed by atoms with van der Waals surface area (Å²) in [6.07, 6.45) is -6.31. The molecule has 0 heterocycles. The van der Waals surface area contributed by atoms with Crippen LogP contribution in [-0.4, -0.2) is 41.1 Å². The van der Waals surface area contributed by atoms with E-state index in [4.69, 9.17) is 11.6 Å². The Kier molecular flexibility index (Phi) is 5.82. The van der Waals surface area contributed by atoms with Gasteiger partial charge in [0.15, 0.2) is 0 Å². The molecule has 2 nitrogen and oxygen atoms in total.